The van der Waals surface area contributed by atoms with Gasteiger partial charge in [0.2, 0.25) is 5.91 Å². The zero-order chi connectivity index (χ0) is 36.2. The van der Waals surface area contributed by atoms with Gasteiger partial charge < -0.3 is 41.4 Å². The van der Waals surface area contributed by atoms with Crippen LogP contribution in [0.5, 0.6) is 11.5 Å². The lowest BCUT2D eigenvalue weighted by atomic mass is 9.78. The van der Waals surface area contributed by atoms with Gasteiger partial charge in [-0.3, -0.25) is 9.59 Å². The van der Waals surface area contributed by atoms with Crippen molar-refractivity contribution in [3.8, 4) is 11.5 Å². The van der Waals surface area contributed by atoms with E-state index in [0.717, 1.165) is 61.0 Å². The maximum absolute atomic E-state index is 13.8. The number of aromatic nitrogens is 1. The summed E-state index contributed by atoms with van der Waals surface area (Å²) in [4.78, 5) is 36.3. The molecule has 1 aromatic carbocycles. The molecule has 4 heterocycles. The van der Waals surface area contributed by atoms with E-state index in [9.17, 15) is 19.8 Å². The molecule has 3 aliphatic heterocycles. The number of phenols is 1. The lowest BCUT2D eigenvalue weighted by Gasteiger charge is -2.30. The van der Waals surface area contributed by atoms with E-state index in [2.05, 4.69) is 15.3 Å². The number of amides is 1. The third-order valence-electron chi connectivity index (χ3n) is 9.99. The van der Waals surface area contributed by atoms with Crippen LogP contribution < -0.4 is 21.5 Å². The van der Waals surface area contributed by atoms with Gasteiger partial charge in [-0.25, -0.2) is 9.98 Å². The number of aliphatic imine (C=N–C) groups is 1. The van der Waals surface area contributed by atoms with Gasteiger partial charge >= 0.3 is 5.97 Å². The molecule has 0 unspecified atom stereocenters. The molecule has 0 saturated carbocycles. The second-order valence-corrected chi connectivity index (χ2v) is 16.7. The number of nitrogens with zero attached hydrogens (tertiary/aromatic N) is 3. The van der Waals surface area contributed by atoms with Crippen LogP contribution in [-0.4, -0.2) is 81.5 Å². The lowest BCUT2D eigenvalue weighted by Crippen LogP contribution is -2.37. The molecule has 3 atom stereocenters. The Morgan fingerprint density at radius 1 is 1.14 bits per heavy atom. The monoisotopic (exact) mass is 742 g/mol. The highest BCUT2D eigenvalue weighted by molar-refractivity contribution is 8.76. The number of ether oxygens (including phenoxy) is 2. The summed E-state index contributed by atoms with van der Waals surface area (Å²) in [6.07, 6.45) is 10.2. The first-order chi connectivity index (χ1) is 24.6. The Morgan fingerprint density at radius 3 is 2.80 bits per heavy atom. The summed E-state index contributed by atoms with van der Waals surface area (Å²) >= 11 is 0. The largest absolute Gasteiger partial charge is 0.504 e. The summed E-state index contributed by atoms with van der Waals surface area (Å²) in [5.41, 5.74) is 15.4. The number of carbonyl (C=O) groups is 2. The normalized spacial score (nSPS) is 24.8. The fourth-order valence-corrected chi connectivity index (χ4v) is 9.33. The average molecular weight is 743 g/mol. The van der Waals surface area contributed by atoms with Crippen molar-refractivity contribution in [3.05, 3.63) is 46.6 Å². The first-order valence-corrected chi connectivity index (χ1v) is 20.7. The molecule has 0 radical (unpaired) electrons. The quantitative estimate of drug-likeness (QED) is 0.213. The number of esters is 1. The summed E-state index contributed by atoms with van der Waals surface area (Å²) in [6, 6.07) is 5.78. The van der Waals surface area contributed by atoms with Crippen molar-refractivity contribution in [1.29, 1.82) is 0 Å². The van der Waals surface area contributed by atoms with Crippen LogP contribution in [0.1, 0.15) is 93.4 Å². The van der Waals surface area contributed by atoms with Crippen LogP contribution in [0.2, 0.25) is 0 Å². The van der Waals surface area contributed by atoms with Gasteiger partial charge in [-0.1, -0.05) is 40.9 Å². The third-order valence-corrected chi connectivity index (χ3v) is 12.2. The van der Waals surface area contributed by atoms with Gasteiger partial charge in [-0.05, 0) is 80.7 Å². The maximum Gasteiger partial charge on any atom is 0.302 e. The van der Waals surface area contributed by atoms with E-state index in [0.29, 0.717) is 93.6 Å². The van der Waals surface area contributed by atoms with Crippen molar-refractivity contribution in [1.82, 2.24) is 15.2 Å². The first-order valence-electron chi connectivity index (χ1n) is 18.2. The van der Waals surface area contributed by atoms with Gasteiger partial charge in [0.05, 0.1) is 18.6 Å². The van der Waals surface area contributed by atoms with E-state index in [4.69, 9.17) is 20.9 Å². The molecule has 280 valence electrons. The molecule has 1 amide bonds. The Bertz CT molecular complexity index is 1530. The fourth-order valence-electron chi connectivity index (χ4n) is 7.54. The first kappa shape index (κ1) is 38.9. The molecule has 0 spiro atoms. The molecule has 3 aliphatic rings. The van der Waals surface area contributed by atoms with Gasteiger partial charge in [-0.2, -0.15) is 0 Å². The zero-order valence-electron chi connectivity index (χ0n) is 29.7. The molecule has 1 aromatic heterocycles. The lowest BCUT2D eigenvalue weighted by molar-refractivity contribution is -0.148. The molecule has 12 nitrogen and oxygen atoms in total. The van der Waals surface area contributed by atoms with Crippen LogP contribution in [-0.2, 0) is 40.1 Å². The number of hydrogen-bond acceptors (Lipinski definition) is 13. The molecular formula is C37H54N6O6S2. The molecule has 51 heavy (non-hydrogen) atoms. The second kappa shape index (κ2) is 18.9. The second-order valence-electron chi connectivity index (χ2n) is 14.1. The van der Waals surface area contributed by atoms with Crippen molar-refractivity contribution >= 4 is 45.2 Å². The number of phenolic OH excluding ortho intramolecular Hbond substituents is 1. The van der Waals surface area contributed by atoms with Gasteiger partial charge in [0, 0.05) is 67.9 Å². The number of nitrogens with one attached hydrogen (secondary N) is 1. The highest BCUT2D eigenvalue weighted by Gasteiger charge is 2.43. The molecule has 4 bridgehead atoms. The van der Waals surface area contributed by atoms with Gasteiger partial charge in [0.25, 0.3) is 0 Å². The van der Waals surface area contributed by atoms with Crippen molar-refractivity contribution in [2.45, 2.75) is 109 Å². The minimum Gasteiger partial charge on any atom is -0.504 e. The standard InChI is InChI=1S/C37H54N6O6S2/c1-25(44)49-30-10-9-27-18-28(34(47)35-31(27)8-6-15-48-35)22-43-23-37(21-33(43)46,20-26-11-13-40-32(38)17-26)12-14-41-36(39)42-24-51-50-16-5-3-2-4-7-29(45)19-30/h11,13,17-18,29-30,45,47H,2-10,12,14-16,19-24H2,1H3,(H2,38,40)(H3,39,41,42)/t29-,30+,37-/m0/s1. The summed E-state index contributed by atoms with van der Waals surface area (Å²) in [7, 11) is 3.45. The van der Waals surface area contributed by atoms with Crippen LogP contribution in [0.15, 0.2) is 29.4 Å². The average Bonchev–Trinajstić information content (AvgIpc) is 3.39. The topological polar surface area (TPSA) is 186 Å². The Hall–Kier alpha value is -3.36. The summed E-state index contributed by atoms with van der Waals surface area (Å²) < 4.78 is 11.7. The number of nitrogens with two attached hydrogens (primary N) is 2. The number of pyridine rings is 1. The number of rotatable bonds is 3. The number of aliphatic hydroxyl groups excluding tert-OH is 1. The predicted molar refractivity (Wildman–Crippen MR) is 203 cm³/mol. The van der Waals surface area contributed by atoms with E-state index >= 15 is 0 Å². The Kier molecular flexibility index (Phi) is 14.4. The fraction of sp³-hybridized carbons (Fsp3) is 0.622. The smallest absolute Gasteiger partial charge is 0.302 e. The predicted octanol–water partition coefficient (Wildman–Crippen LogP) is 4.87. The Morgan fingerprint density at radius 2 is 1.98 bits per heavy atom. The van der Waals surface area contributed by atoms with E-state index in [-0.39, 0.29) is 24.2 Å². The number of nitrogen functional groups attached to an aromatic ring is 1. The van der Waals surface area contributed by atoms with Crippen LogP contribution in [0.4, 0.5) is 5.82 Å². The Labute approximate surface area is 309 Å². The number of hydrogen-bond donors (Lipinski definition) is 5. The molecule has 1 saturated heterocycles. The van der Waals surface area contributed by atoms with Gasteiger partial charge in [0.15, 0.2) is 17.5 Å². The van der Waals surface area contributed by atoms with Gasteiger partial charge in [0.1, 0.15) is 11.9 Å². The number of anilines is 1. The number of carbonyl (C=O) groups excluding carboxylic acids is 2. The highest BCUT2D eigenvalue weighted by atomic mass is 33.1. The number of guanidine groups is 1. The molecule has 0 aliphatic carbocycles. The number of fused-ring (bicyclic) bond motifs is 6. The molecule has 5 rings (SSSR count). The Balaban J connectivity index is 1.41. The van der Waals surface area contributed by atoms with E-state index in [1.54, 1.807) is 27.8 Å². The van der Waals surface area contributed by atoms with Gasteiger partial charge in [-0.15, -0.1) is 0 Å². The van der Waals surface area contributed by atoms with Crippen molar-refractivity contribution < 1.29 is 29.3 Å². The molecule has 1 fully saturated rings. The number of benzene rings is 1. The van der Waals surface area contributed by atoms with E-state index in [1.165, 1.54) is 6.92 Å². The minimum absolute atomic E-state index is 0.00736. The van der Waals surface area contributed by atoms with E-state index in [1.807, 2.05) is 23.1 Å². The SMILES string of the molecule is CC(=O)O[C@@H]1CCc2cc(c(O)c3c2CCCO3)CN2C[C@](Cc3ccnc(N)c3)(CCNC(N)=NCSSCCCCCC[C@H](O)C1)CC2=O. The summed E-state index contributed by atoms with van der Waals surface area (Å²) in [6.45, 7) is 3.17. The maximum atomic E-state index is 13.8. The molecule has 7 N–H and O–H groups in total. The minimum atomic E-state index is -0.563. The third kappa shape index (κ3) is 11.6. The molecule has 2 aromatic rings. The van der Waals surface area contributed by atoms with Crippen LogP contribution >= 0.6 is 21.6 Å². The summed E-state index contributed by atoms with van der Waals surface area (Å²) in [5, 5.41) is 25.6. The van der Waals surface area contributed by atoms with Crippen LogP contribution in [0.25, 0.3) is 0 Å². The van der Waals surface area contributed by atoms with Crippen LogP contribution in [0.3, 0.4) is 0 Å². The number of aliphatic hydroxyl groups is 1. The van der Waals surface area contributed by atoms with Crippen molar-refractivity contribution in [2.24, 2.45) is 16.1 Å². The summed E-state index contributed by atoms with van der Waals surface area (Å²) in [5.74, 6) is 2.57. The van der Waals surface area contributed by atoms with E-state index < -0.39 is 17.6 Å². The highest BCUT2D eigenvalue weighted by Crippen LogP contribution is 2.43. The number of aryl methyl sites for hydroxylation is 1. The number of aromatic hydroxyl groups is 1. The zero-order valence-corrected chi connectivity index (χ0v) is 31.4. The van der Waals surface area contributed by atoms with Crippen molar-refractivity contribution in [2.75, 3.05) is 37.1 Å². The molecule has 14 heteroatoms. The molecular weight excluding hydrogens is 689 g/mol. The van der Waals surface area contributed by atoms with Crippen molar-refractivity contribution in [3.63, 3.8) is 0 Å². The van der Waals surface area contributed by atoms with Crippen LogP contribution in [0, 0.1) is 5.41 Å².